The van der Waals surface area contributed by atoms with Gasteiger partial charge in [-0.15, -0.1) is 0 Å². The zero-order valence-electron chi connectivity index (χ0n) is 19.6. The second kappa shape index (κ2) is 9.61. The van der Waals surface area contributed by atoms with Crippen molar-refractivity contribution >= 4 is 22.7 Å². The molecule has 0 fully saturated rings. The van der Waals surface area contributed by atoms with Crippen LogP contribution in [0.25, 0.3) is 11.0 Å². The molecule has 4 aromatic rings. The van der Waals surface area contributed by atoms with Crippen molar-refractivity contribution in [3.63, 3.8) is 0 Å². The van der Waals surface area contributed by atoms with Crippen molar-refractivity contribution in [1.29, 1.82) is 0 Å². The molecular weight excluding hydrogens is 428 g/mol. The zero-order valence-corrected chi connectivity index (χ0v) is 19.6. The summed E-state index contributed by atoms with van der Waals surface area (Å²) in [5, 5.41) is 11.8. The normalized spacial score (nSPS) is 13.6. The third-order valence-corrected chi connectivity index (χ3v) is 6.41. The lowest BCUT2D eigenvalue weighted by Gasteiger charge is -2.30. The number of fused-ring (bicyclic) bond motifs is 3. The maximum atomic E-state index is 6.22. The number of nitrogens with one attached hydrogen (secondary N) is 2. The van der Waals surface area contributed by atoms with E-state index in [0.717, 1.165) is 67.3 Å². The van der Waals surface area contributed by atoms with E-state index < -0.39 is 0 Å². The summed E-state index contributed by atoms with van der Waals surface area (Å²) < 4.78 is 10.8. The molecule has 0 unspecified atom stereocenters. The summed E-state index contributed by atoms with van der Waals surface area (Å²) in [4.78, 5) is 7.30. The van der Waals surface area contributed by atoms with E-state index >= 15 is 0 Å². The molecule has 8 heteroatoms. The Bertz CT molecular complexity index is 1290. The van der Waals surface area contributed by atoms with Gasteiger partial charge in [0.1, 0.15) is 11.6 Å². The van der Waals surface area contributed by atoms with Crippen LogP contribution in [0.3, 0.4) is 0 Å². The van der Waals surface area contributed by atoms with Crippen LogP contribution in [0.5, 0.6) is 11.5 Å². The average molecular weight is 459 g/mol. The van der Waals surface area contributed by atoms with Gasteiger partial charge in [0.15, 0.2) is 17.1 Å². The molecule has 2 aromatic carbocycles. The number of hydrogen-bond acceptors (Lipinski definition) is 7. The molecule has 3 heterocycles. The van der Waals surface area contributed by atoms with Gasteiger partial charge in [-0.1, -0.05) is 36.4 Å². The Morgan fingerprint density at radius 1 is 1.03 bits per heavy atom. The van der Waals surface area contributed by atoms with E-state index in [2.05, 4.69) is 56.8 Å². The molecule has 1 aliphatic rings. The Kier molecular flexibility index (Phi) is 6.22. The molecule has 34 heavy (non-hydrogen) atoms. The minimum Gasteiger partial charge on any atom is -0.493 e. The zero-order chi connectivity index (χ0) is 23.5. The number of aromatic amines is 1. The van der Waals surface area contributed by atoms with Crippen molar-refractivity contribution in [2.75, 3.05) is 38.4 Å². The van der Waals surface area contributed by atoms with Crippen LogP contribution in [0.2, 0.25) is 0 Å². The highest BCUT2D eigenvalue weighted by Gasteiger charge is 2.25. The van der Waals surface area contributed by atoms with Crippen LogP contribution in [0.4, 0.5) is 11.6 Å². The molecular formula is C26H30N6O2. The third kappa shape index (κ3) is 4.36. The highest BCUT2D eigenvalue weighted by Crippen LogP contribution is 2.34. The molecule has 0 atom stereocenters. The fraction of sp³-hybridized carbons (Fsp3) is 0.308. The number of nitrogen functional groups attached to an aromatic ring is 1. The molecule has 4 N–H and O–H groups in total. The van der Waals surface area contributed by atoms with Gasteiger partial charge in [-0.2, -0.15) is 5.10 Å². The topological polar surface area (TPSA) is 101 Å². The summed E-state index contributed by atoms with van der Waals surface area (Å²) >= 11 is 0. The Hall–Kier alpha value is -3.78. The van der Waals surface area contributed by atoms with Gasteiger partial charge in [0.2, 0.25) is 0 Å². The first-order valence-corrected chi connectivity index (χ1v) is 11.5. The summed E-state index contributed by atoms with van der Waals surface area (Å²) in [6.07, 6.45) is 1.74. The van der Waals surface area contributed by atoms with Crippen LogP contribution in [0.1, 0.15) is 22.3 Å². The van der Waals surface area contributed by atoms with Gasteiger partial charge in [-0.3, -0.25) is 10.00 Å². The quantitative estimate of drug-likeness (QED) is 0.369. The number of pyridine rings is 1. The van der Waals surface area contributed by atoms with E-state index in [-0.39, 0.29) is 0 Å². The van der Waals surface area contributed by atoms with E-state index in [9.17, 15) is 0 Å². The van der Waals surface area contributed by atoms with E-state index in [1.807, 2.05) is 12.1 Å². The minimum absolute atomic E-state index is 0.590. The summed E-state index contributed by atoms with van der Waals surface area (Å²) in [5.41, 5.74) is 11.8. The fourth-order valence-corrected chi connectivity index (χ4v) is 4.69. The minimum atomic E-state index is 0.590. The summed E-state index contributed by atoms with van der Waals surface area (Å²) in [6, 6.07) is 16.6. The Morgan fingerprint density at radius 2 is 1.85 bits per heavy atom. The number of rotatable bonds is 8. The molecule has 0 spiro atoms. The Balaban J connectivity index is 1.37. The van der Waals surface area contributed by atoms with Crippen molar-refractivity contribution in [1.82, 2.24) is 20.1 Å². The first-order valence-electron chi connectivity index (χ1n) is 11.5. The van der Waals surface area contributed by atoms with E-state index in [1.165, 1.54) is 16.7 Å². The van der Waals surface area contributed by atoms with Crippen LogP contribution in [0.15, 0.2) is 48.5 Å². The number of methoxy groups -OCH3 is 2. The summed E-state index contributed by atoms with van der Waals surface area (Å²) in [6.45, 7) is 3.43. The highest BCUT2D eigenvalue weighted by atomic mass is 16.5. The molecule has 1 aliphatic heterocycles. The maximum Gasteiger partial charge on any atom is 0.185 e. The fourth-order valence-electron chi connectivity index (χ4n) is 4.69. The van der Waals surface area contributed by atoms with Crippen molar-refractivity contribution < 1.29 is 9.47 Å². The summed E-state index contributed by atoms with van der Waals surface area (Å²) in [5.74, 6) is 2.94. The molecule has 8 nitrogen and oxygen atoms in total. The highest BCUT2D eigenvalue weighted by molar-refractivity contribution is 5.92. The lowest BCUT2D eigenvalue weighted by Crippen LogP contribution is -2.31. The lowest BCUT2D eigenvalue weighted by molar-refractivity contribution is 0.246. The lowest BCUT2D eigenvalue weighted by atomic mass is 9.97. The van der Waals surface area contributed by atoms with Gasteiger partial charge in [0.05, 0.1) is 19.6 Å². The number of nitrogens with zero attached hydrogens (tertiary/aromatic N) is 3. The average Bonchev–Trinajstić information content (AvgIpc) is 3.25. The first-order chi connectivity index (χ1) is 16.7. The molecule has 0 radical (unpaired) electrons. The molecule has 2 aromatic heterocycles. The number of H-pyrrole nitrogens is 1. The number of aromatic nitrogens is 3. The molecule has 0 saturated heterocycles. The number of nitrogens with two attached hydrogens (primary N) is 1. The van der Waals surface area contributed by atoms with Crippen molar-refractivity contribution in [3.05, 3.63) is 70.8 Å². The van der Waals surface area contributed by atoms with Gasteiger partial charge in [-0.05, 0) is 41.7 Å². The number of anilines is 2. The number of benzene rings is 2. The van der Waals surface area contributed by atoms with E-state index in [1.54, 1.807) is 14.2 Å². The number of hydrogen-bond donors (Lipinski definition) is 3. The first kappa shape index (κ1) is 22.0. The predicted octanol–water partition coefficient (Wildman–Crippen LogP) is 3.77. The van der Waals surface area contributed by atoms with Crippen molar-refractivity contribution in [2.45, 2.75) is 25.9 Å². The largest absolute Gasteiger partial charge is 0.493 e. The van der Waals surface area contributed by atoms with Gasteiger partial charge in [0, 0.05) is 31.7 Å². The van der Waals surface area contributed by atoms with Gasteiger partial charge in [0.25, 0.3) is 0 Å². The van der Waals surface area contributed by atoms with Gasteiger partial charge >= 0.3 is 0 Å². The van der Waals surface area contributed by atoms with Crippen LogP contribution >= 0.6 is 0 Å². The Labute approximate surface area is 199 Å². The SMILES string of the molecule is COc1ccc(CCNc2nc3n[nH]c(N)c3c3c2CN(Cc2ccccc2)CC3)cc1OC. The van der Waals surface area contributed by atoms with Gasteiger partial charge in [-0.25, -0.2) is 4.98 Å². The second-order valence-electron chi connectivity index (χ2n) is 8.57. The van der Waals surface area contributed by atoms with Crippen LogP contribution in [0, 0.1) is 0 Å². The Morgan fingerprint density at radius 3 is 2.65 bits per heavy atom. The van der Waals surface area contributed by atoms with Gasteiger partial charge < -0.3 is 20.5 Å². The van der Waals surface area contributed by atoms with E-state index in [4.69, 9.17) is 20.2 Å². The van der Waals surface area contributed by atoms with Crippen molar-refractivity contribution in [2.24, 2.45) is 0 Å². The van der Waals surface area contributed by atoms with Crippen LogP contribution < -0.4 is 20.5 Å². The maximum absolute atomic E-state index is 6.22. The van der Waals surface area contributed by atoms with Crippen LogP contribution in [-0.4, -0.2) is 47.4 Å². The second-order valence-corrected chi connectivity index (χ2v) is 8.57. The van der Waals surface area contributed by atoms with Crippen molar-refractivity contribution in [3.8, 4) is 11.5 Å². The monoisotopic (exact) mass is 458 g/mol. The van der Waals surface area contributed by atoms with E-state index in [0.29, 0.717) is 11.5 Å². The molecule has 0 amide bonds. The molecule has 0 aliphatic carbocycles. The number of ether oxygens (including phenoxy) is 2. The summed E-state index contributed by atoms with van der Waals surface area (Å²) in [7, 11) is 3.30. The molecule has 176 valence electrons. The predicted molar refractivity (Wildman–Crippen MR) is 134 cm³/mol. The third-order valence-electron chi connectivity index (χ3n) is 6.41. The molecule has 0 saturated carbocycles. The smallest absolute Gasteiger partial charge is 0.185 e. The molecule has 0 bridgehead atoms. The van der Waals surface area contributed by atoms with Crippen LogP contribution in [-0.2, 0) is 25.9 Å². The standard InChI is InChI=1S/C26H30N6O2/c1-33-21-9-8-17(14-22(21)34-2)10-12-28-25-20-16-32(15-18-6-4-3-5-7-18)13-11-19(20)23-24(27)30-31-26(23)29-25/h3-9,14H,10-13,15-16H2,1-2H3,(H4,27,28,29,30,31). The molecule has 5 rings (SSSR count).